The molecule has 1 saturated carbocycles. The lowest BCUT2D eigenvalue weighted by atomic mass is 10.2. The third kappa shape index (κ3) is 3.51. The van der Waals surface area contributed by atoms with Crippen LogP contribution in [0.4, 0.5) is 11.4 Å². The number of ether oxygens (including phenoxy) is 1. The van der Waals surface area contributed by atoms with Gasteiger partial charge in [-0.05, 0) is 43.7 Å². The molecule has 4 nitrogen and oxygen atoms in total. The Morgan fingerprint density at radius 2 is 2.00 bits per heavy atom. The topological polar surface area (TPSA) is 41.6 Å². The van der Waals surface area contributed by atoms with Crippen LogP contribution in [-0.4, -0.2) is 32.2 Å². The smallest absolute Gasteiger partial charge is 0.250 e. The molecule has 0 aromatic heterocycles. The number of anilines is 2. The van der Waals surface area contributed by atoms with E-state index in [4.69, 9.17) is 4.74 Å². The number of hydrogen-bond donors (Lipinski definition) is 1. The third-order valence-electron chi connectivity index (χ3n) is 3.91. The molecular weight excluding hydrogens is 252 g/mol. The fourth-order valence-electron chi connectivity index (χ4n) is 2.60. The number of hydrogen-bond acceptors (Lipinski definition) is 3. The van der Waals surface area contributed by atoms with E-state index in [-0.39, 0.29) is 12.5 Å². The van der Waals surface area contributed by atoms with Gasteiger partial charge < -0.3 is 15.0 Å². The van der Waals surface area contributed by atoms with Crippen LogP contribution in [-0.2, 0) is 9.53 Å². The van der Waals surface area contributed by atoms with Crippen molar-refractivity contribution in [2.75, 3.05) is 36.5 Å². The maximum Gasteiger partial charge on any atom is 0.250 e. The molecule has 0 bridgehead atoms. The van der Waals surface area contributed by atoms with Crippen molar-refractivity contribution in [3.63, 3.8) is 0 Å². The molecule has 3 rings (SSSR count). The second kappa shape index (κ2) is 6.27. The largest absolute Gasteiger partial charge is 0.371 e. The van der Waals surface area contributed by atoms with E-state index in [1.54, 1.807) is 0 Å². The predicted octanol–water partition coefficient (Wildman–Crippen LogP) is 2.65. The van der Waals surface area contributed by atoms with E-state index in [0.717, 1.165) is 31.1 Å². The first-order valence-corrected chi connectivity index (χ1v) is 7.54. The molecule has 1 saturated heterocycles. The summed E-state index contributed by atoms with van der Waals surface area (Å²) in [7, 11) is 0. The van der Waals surface area contributed by atoms with Crippen LogP contribution in [0, 0.1) is 5.92 Å². The SMILES string of the molecule is O=C(COCC1CC1)Nc1ccccc1N1CCCC1. The molecule has 1 aliphatic heterocycles. The molecular formula is C16H22N2O2. The quantitative estimate of drug-likeness (QED) is 0.867. The van der Waals surface area contributed by atoms with Gasteiger partial charge in [0.25, 0.3) is 0 Å². The summed E-state index contributed by atoms with van der Waals surface area (Å²) in [6.07, 6.45) is 4.96. The molecule has 1 aliphatic carbocycles. The highest BCUT2D eigenvalue weighted by Gasteiger charge is 2.22. The van der Waals surface area contributed by atoms with Crippen molar-refractivity contribution in [2.45, 2.75) is 25.7 Å². The summed E-state index contributed by atoms with van der Waals surface area (Å²) < 4.78 is 5.43. The van der Waals surface area contributed by atoms with Gasteiger partial charge in [0.1, 0.15) is 6.61 Å². The fraction of sp³-hybridized carbons (Fsp3) is 0.562. The fourth-order valence-corrected chi connectivity index (χ4v) is 2.60. The van der Waals surface area contributed by atoms with E-state index in [2.05, 4.69) is 16.3 Å². The Morgan fingerprint density at radius 3 is 2.75 bits per heavy atom. The van der Waals surface area contributed by atoms with Crippen molar-refractivity contribution >= 4 is 17.3 Å². The summed E-state index contributed by atoms with van der Waals surface area (Å²) in [6.45, 7) is 3.03. The van der Waals surface area contributed by atoms with Crippen LogP contribution in [0.5, 0.6) is 0 Å². The number of para-hydroxylation sites is 2. The van der Waals surface area contributed by atoms with Gasteiger partial charge in [-0.25, -0.2) is 0 Å². The van der Waals surface area contributed by atoms with Gasteiger partial charge in [0, 0.05) is 13.1 Å². The van der Waals surface area contributed by atoms with Crippen molar-refractivity contribution in [3.05, 3.63) is 24.3 Å². The first kappa shape index (κ1) is 13.4. The van der Waals surface area contributed by atoms with Crippen LogP contribution in [0.25, 0.3) is 0 Å². The highest BCUT2D eigenvalue weighted by Crippen LogP contribution is 2.29. The minimum Gasteiger partial charge on any atom is -0.371 e. The summed E-state index contributed by atoms with van der Waals surface area (Å²) in [6, 6.07) is 8.02. The Bertz CT molecular complexity index is 465. The maximum absolute atomic E-state index is 11.9. The maximum atomic E-state index is 11.9. The molecule has 108 valence electrons. The number of nitrogens with zero attached hydrogens (tertiary/aromatic N) is 1. The van der Waals surface area contributed by atoms with Gasteiger partial charge in [-0.3, -0.25) is 4.79 Å². The molecule has 1 aromatic carbocycles. The van der Waals surface area contributed by atoms with Gasteiger partial charge in [-0.2, -0.15) is 0 Å². The first-order chi connectivity index (χ1) is 9.83. The lowest BCUT2D eigenvalue weighted by molar-refractivity contribution is -0.120. The van der Waals surface area contributed by atoms with Crippen molar-refractivity contribution < 1.29 is 9.53 Å². The molecule has 0 spiro atoms. The van der Waals surface area contributed by atoms with E-state index >= 15 is 0 Å². The lowest BCUT2D eigenvalue weighted by Crippen LogP contribution is -2.23. The molecule has 0 radical (unpaired) electrons. The van der Waals surface area contributed by atoms with Gasteiger partial charge in [0.2, 0.25) is 5.91 Å². The number of rotatable bonds is 6. The Hall–Kier alpha value is -1.55. The summed E-state index contributed by atoms with van der Waals surface area (Å²) in [4.78, 5) is 14.3. The molecule has 2 fully saturated rings. The zero-order valence-corrected chi connectivity index (χ0v) is 11.8. The summed E-state index contributed by atoms with van der Waals surface area (Å²) >= 11 is 0. The van der Waals surface area contributed by atoms with E-state index in [0.29, 0.717) is 5.92 Å². The standard InChI is InChI=1S/C16H22N2O2/c19-16(12-20-11-13-7-8-13)17-14-5-1-2-6-15(14)18-9-3-4-10-18/h1-2,5-6,13H,3-4,7-12H2,(H,17,19). The molecule has 0 atom stereocenters. The van der Waals surface area contributed by atoms with Crippen molar-refractivity contribution in [2.24, 2.45) is 5.92 Å². The monoisotopic (exact) mass is 274 g/mol. The van der Waals surface area contributed by atoms with Gasteiger partial charge in [-0.15, -0.1) is 0 Å². The predicted molar refractivity (Wildman–Crippen MR) is 80.1 cm³/mol. The average molecular weight is 274 g/mol. The van der Waals surface area contributed by atoms with Crippen LogP contribution < -0.4 is 10.2 Å². The number of nitrogens with one attached hydrogen (secondary N) is 1. The van der Waals surface area contributed by atoms with Crippen LogP contribution in [0.1, 0.15) is 25.7 Å². The zero-order chi connectivity index (χ0) is 13.8. The number of amides is 1. The number of carbonyl (C=O) groups excluding carboxylic acids is 1. The van der Waals surface area contributed by atoms with Crippen LogP contribution in [0.3, 0.4) is 0 Å². The number of carbonyl (C=O) groups is 1. The Kier molecular flexibility index (Phi) is 4.21. The van der Waals surface area contributed by atoms with Gasteiger partial charge in [0.15, 0.2) is 0 Å². The minimum atomic E-state index is -0.0581. The number of benzene rings is 1. The van der Waals surface area contributed by atoms with Gasteiger partial charge >= 0.3 is 0 Å². The molecule has 20 heavy (non-hydrogen) atoms. The zero-order valence-electron chi connectivity index (χ0n) is 11.8. The van der Waals surface area contributed by atoms with E-state index in [9.17, 15) is 4.79 Å². The first-order valence-electron chi connectivity index (χ1n) is 7.54. The molecule has 1 aromatic rings. The highest BCUT2D eigenvalue weighted by atomic mass is 16.5. The normalized spacial score (nSPS) is 18.3. The van der Waals surface area contributed by atoms with Crippen molar-refractivity contribution in [1.82, 2.24) is 0 Å². The molecule has 1 amide bonds. The average Bonchev–Trinajstić information content (AvgIpc) is 3.11. The molecule has 4 heteroatoms. The van der Waals surface area contributed by atoms with Crippen LogP contribution in [0.15, 0.2) is 24.3 Å². The second-order valence-electron chi connectivity index (χ2n) is 5.72. The Balaban J connectivity index is 1.56. The van der Waals surface area contributed by atoms with E-state index < -0.39 is 0 Å². The molecule has 0 unspecified atom stereocenters. The van der Waals surface area contributed by atoms with Crippen LogP contribution >= 0.6 is 0 Å². The van der Waals surface area contributed by atoms with Crippen molar-refractivity contribution in [1.29, 1.82) is 0 Å². The lowest BCUT2D eigenvalue weighted by Gasteiger charge is -2.21. The highest BCUT2D eigenvalue weighted by molar-refractivity contribution is 5.95. The molecule has 2 aliphatic rings. The molecule has 1 N–H and O–H groups in total. The Morgan fingerprint density at radius 1 is 1.25 bits per heavy atom. The summed E-state index contributed by atoms with van der Waals surface area (Å²) in [5, 5.41) is 2.98. The summed E-state index contributed by atoms with van der Waals surface area (Å²) in [5.41, 5.74) is 2.02. The Labute approximate surface area is 120 Å². The second-order valence-corrected chi connectivity index (χ2v) is 5.72. The van der Waals surface area contributed by atoms with Crippen LogP contribution in [0.2, 0.25) is 0 Å². The van der Waals surface area contributed by atoms with E-state index in [1.807, 2.05) is 18.2 Å². The molecule has 1 heterocycles. The van der Waals surface area contributed by atoms with E-state index in [1.165, 1.54) is 25.7 Å². The van der Waals surface area contributed by atoms with Crippen molar-refractivity contribution in [3.8, 4) is 0 Å². The third-order valence-corrected chi connectivity index (χ3v) is 3.91. The van der Waals surface area contributed by atoms with Gasteiger partial charge in [-0.1, -0.05) is 12.1 Å². The minimum absolute atomic E-state index is 0.0581. The van der Waals surface area contributed by atoms with Gasteiger partial charge in [0.05, 0.1) is 18.0 Å². The summed E-state index contributed by atoms with van der Waals surface area (Å²) in [5.74, 6) is 0.636.